The summed E-state index contributed by atoms with van der Waals surface area (Å²) in [6.45, 7) is 7.96. The third kappa shape index (κ3) is 5.71. The Labute approximate surface area is 172 Å². The Morgan fingerprint density at radius 2 is 1.66 bits per heavy atom. The van der Waals surface area contributed by atoms with Crippen LogP contribution in [-0.4, -0.2) is 45.4 Å². The third-order valence-corrected chi connectivity index (χ3v) is 6.40. The zero-order valence-corrected chi connectivity index (χ0v) is 18.3. The van der Waals surface area contributed by atoms with E-state index in [1.807, 2.05) is 32.0 Å². The number of benzene rings is 2. The molecule has 2 rings (SSSR count). The lowest BCUT2D eigenvalue weighted by atomic mass is 10.1. The van der Waals surface area contributed by atoms with E-state index >= 15 is 0 Å². The van der Waals surface area contributed by atoms with Crippen molar-refractivity contribution >= 4 is 21.6 Å². The summed E-state index contributed by atoms with van der Waals surface area (Å²) in [5.74, 6) is 0.547. The molecule has 7 nitrogen and oxygen atoms in total. The van der Waals surface area contributed by atoms with Gasteiger partial charge in [0.25, 0.3) is 5.91 Å². The van der Waals surface area contributed by atoms with Crippen molar-refractivity contribution in [2.24, 2.45) is 0 Å². The van der Waals surface area contributed by atoms with E-state index in [1.165, 1.54) is 29.6 Å². The molecule has 8 heteroatoms. The minimum atomic E-state index is -3.65. The van der Waals surface area contributed by atoms with Crippen LogP contribution >= 0.6 is 0 Å². The fourth-order valence-electron chi connectivity index (χ4n) is 3.01. The number of nitrogens with zero attached hydrogens (tertiary/aromatic N) is 1. The largest absolute Gasteiger partial charge is 0.495 e. The lowest BCUT2D eigenvalue weighted by molar-refractivity contribution is -0.118. The molecule has 0 unspecified atom stereocenters. The number of ether oxygens (including phenoxy) is 2. The van der Waals surface area contributed by atoms with Crippen LogP contribution in [0.2, 0.25) is 0 Å². The Hall–Kier alpha value is -2.58. The van der Waals surface area contributed by atoms with E-state index in [-0.39, 0.29) is 17.2 Å². The van der Waals surface area contributed by atoms with Crippen molar-refractivity contribution in [3.8, 4) is 11.5 Å². The molecule has 0 aliphatic carbocycles. The zero-order valence-electron chi connectivity index (χ0n) is 17.5. The monoisotopic (exact) mass is 420 g/mol. The van der Waals surface area contributed by atoms with Crippen molar-refractivity contribution in [2.45, 2.75) is 32.6 Å². The predicted molar refractivity (Wildman–Crippen MR) is 113 cm³/mol. The van der Waals surface area contributed by atoms with Crippen molar-refractivity contribution in [3.05, 3.63) is 47.5 Å². The number of methoxy groups -OCH3 is 1. The van der Waals surface area contributed by atoms with Gasteiger partial charge in [0.1, 0.15) is 11.5 Å². The van der Waals surface area contributed by atoms with Crippen LogP contribution in [0.1, 0.15) is 25.0 Å². The van der Waals surface area contributed by atoms with E-state index in [0.717, 1.165) is 11.1 Å². The molecule has 0 aliphatic rings. The van der Waals surface area contributed by atoms with E-state index in [0.29, 0.717) is 24.6 Å². The summed E-state index contributed by atoms with van der Waals surface area (Å²) in [6, 6.07) is 10.1. The second-order valence-electron chi connectivity index (χ2n) is 6.61. The van der Waals surface area contributed by atoms with Gasteiger partial charge in [-0.05, 0) is 55.3 Å². The van der Waals surface area contributed by atoms with Crippen LogP contribution < -0.4 is 14.8 Å². The molecule has 158 valence electrons. The lowest BCUT2D eigenvalue weighted by Gasteiger charge is -2.19. The van der Waals surface area contributed by atoms with Crippen molar-refractivity contribution in [1.82, 2.24) is 4.31 Å². The highest BCUT2D eigenvalue weighted by Gasteiger charge is 2.23. The van der Waals surface area contributed by atoms with Gasteiger partial charge in [-0.1, -0.05) is 19.9 Å². The number of aryl methyl sites for hydroxylation is 2. The molecule has 0 aliphatic heterocycles. The normalized spacial score (nSPS) is 11.4. The molecule has 0 saturated heterocycles. The number of amides is 1. The molecule has 0 aromatic heterocycles. The maximum atomic E-state index is 12.8. The van der Waals surface area contributed by atoms with Gasteiger partial charge in [0.2, 0.25) is 10.0 Å². The van der Waals surface area contributed by atoms with Gasteiger partial charge in [-0.15, -0.1) is 0 Å². The first-order valence-electron chi connectivity index (χ1n) is 9.40. The van der Waals surface area contributed by atoms with Crippen LogP contribution in [0, 0.1) is 13.8 Å². The molecule has 0 spiro atoms. The van der Waals surface area contributed by atoms with Gasteiger partial charge in [0, 0.05) is 13.1 Å². The first kappa shape index (κ1) is 22.7. The molecule has 0 heterocycles. The van der Waals surface area contributed by atoms with E-state index in [4.69, 9.17) is 9.47 Å². The molecule has 1 amide bonds. The Kier molecular flexibility index (Phi) is 7.64. The predicted octanol–water partition coefficient (Wildman–Crippen LogP) is 3.36. The minimum absolute atomic E-state index is 0.0903. The lowest BCUT2D eigenvalue weighted by Crippen LogP contribution is -2.30. The maximum Gasteiger partial charge on any atom is 0.262 e. The number of carbonyl (C=O) groups is 1. The SMILES string of the molecule is CCN(CC)S(=O)(=O)c1ccc(OC)c(NC(=O)COc2cc(C)cc(C)c2)c1. The smallest absolute Gasteiger partial charge is 0.262 e. The Balaban J connectivity index is 2.19. The van der Waals surface area contributed by atoms with Crippen LogP contribution in [-0.2, 0) is 14.8 Å². The molecule has 0 saturated carbocycles. The molecular weight excluding hydrogens is 392 g/mol. The Morgan fingerprint density at radius 3 is 2.21 bits per heavy atom. The molecule has 0 atom stereocenters. The summed E-state index contributed by atoms with van der Waals surface area (Å²) in [5, 5.41) is 2.68. The number of anilines is 1. The van der Waals surface area contributed by atoms with Crippen molar-refractivity contribution in [2.75, 3.05) is 32.1 Å². The minimum Gasteiger partial charge on any atom is -0.495 e. The Morgan fingerprint density at radius 1 is 1.03 bits per heavy atom. The fraction of sp³-hybridized carbons (Fsp3) is 0.381. The average Bonchev–Trinajstić information content (AvgIpc) is 2.66. The van der Waals surface area contributed by atoms with Gasteiger partial charge < -0.3 is 14.8 Å². The van der Waals surface area contributed by atoms with Gasteiger partial charge in [0.05, 0.1) is 17.7 Å². The van der Waals surface area contributed by atoms with Gasteiger partial charge in [0.15, 0.2) is 6.61 Å². The van der Waals surface area contributed by atoms with E-state index < -0.39 is 15.9 Å². The molecule has 1 N–H and O–H groups in total. The summed E-state index contributed by atoms with van der Waals surface area (Å²) in [6.07, 6.45) is 0. The quantitative estimate of drug-likeness (QED) is 0.672. The van der Waals surface area contributed by atoms with Gasteiger partial charge in [-0.3, -0.25) is 4.79 Å². The summed E-state index contributed by atoms with van der Waals surface area (Å²) in [7, 11) is -2.20. The van der Waals surface area contributed by atoms with E-state index in [1.54, 1.807) is 13.8 Å². The highest BCUT2D eigenvalue weighted by Crippen LogP contribution is 2.29. The van der Waals surface area contributed by atoms with Crippen LogP contribution in [0.4, 0.5) is 5.69 Å². The van der Waals surface area contributed by atoms with Gasteiger partial charge in [-0.25, -0.2) is 8.42 Å². The number of nitrogens with one attached hydrogen (secondary N) is 1. The summed E-state index contributed by atoms with van der Waals surface area (Å²) < 4.78 is 37.7. The topological polar surface area (TPSA) is 84.9 Å². The Bertz CT molecular complexity index is 949. The number of carbonyl (C=O) groups excluding carboxylic acids is 1. The van der Waals surface area contributed by atoms with Gasteiger partial charge >= 0.3 is 0 Å². The zero-order chi connectivity index (χ0) is 21.6. The highest BCUT2D eigenvalue weighted by atomic mass is 32.2. The van der Waals surface area contributed by atoms with E-state index in [9.17, 15) is 13.2 Å². The van der Waals surface area contributed by atoms with Crippen molar-refractivity contribution < 1.29 is 22.7 Å². The molecule has 0 radical (unpaired) electrons. The standard InChI is InChI=1S/C21H28N2O5S/c1-6-23(7-2)29(25,26)18-8-9-20(27-5)19(13-18)22-21(24)14-28-17-11-15(3)10-16(4)12-17/h8-13H,6-7,14H2,1-5H3,(H,22,24). The van der Waals surface area contributed by atoms with Crippen LogP contribution in [0.3, 0.4) is 0 Å². The first-order valence-corrected chi connectivity index (χ1v) is 10.8. The third-order valence-electron chi connectivity index (χ3n) is 4.35. The number of hydrogen-bond acceptors (Lipinski definition) is 5. The van der Waals surface area contributed by atoms with Crippen LogP contribution in [0.25, 0.3) is 0 Å². The van der Waals surface area contributed by atoms with Crippen LogP contribution in [0.5, 0.6) is 11.5 Å². The second kappa shape index (κ2) is 9.76. The number of rotatable bonds is 9. The second-order valence-corrected chi connectivity index (χ2v) is 8.55. The summed E-state index contributed by atoms with van der Waals surface area (Å²) in [4.78, 5) is 12.5. The molecule has 2 aromatic carbocycles. The van der Waals surface area contributed by atoms with E-state index in [2.05, 4.69) is 5.32 Å². The molecular formula is C21H28N2O5S. The molecule has 29 heavy (non-hydrogen) atoms. The van der Waals surface area contributed by atoms with Crippen molar-refractivity contribution in [3.63, 3.8) is 0 Å². The molecule has 0 fully saturated rings. The average molecular weight is 421 g/mol. The summed E-state index contributed by atoms with van der Waals surface area (Å²) >= 11 is 0. The summed E-state index contributed by atoms with van der Waals surface area (Å²) in [5.41, 5.74) is 2.35. The first-order chi connectivity index (χ1) is 13.7. The molecule has 2 aromatic rings. The molecule has 0 bridgehead atoms. The van der Waals surface area contributed by atoms with Crippen molar-refractivity contribution in [1.29, 1.82) is 0 Å². The fourth-order valence-corrected chi connectivity index (χ4v) is 4.49. The highest BCUT2D eigenvalue weighted by molar-refractivity contribution is 7.89. The van der Waals surface area contributed by atoms with Crippen LogP contribution in [0.15, 0.2) is 41.3 Å². The maximum absolute atomic E-state index is 12.8. The number of hydrogen-bond donors (Lipinski definition) is 1. The number of sulfonamides is 1. The van der Waals surface area contributed by atoms with Gasteiger partial charge in [-0.2, -0.15) is 4.31 Å².